The quantitative estimate of drug-likeness (QED) is 0.299. The molecule has 1 aliphatic heterocycles. The summed E-state index contributed by atoms with van der Waals surface area (Å²) in [6, 6.07) is 3.95. The molecule has 1 aliphatic rings. The average Bonchev–Trinajstić information content (AvgIpc) is 2.63. The summed E-state index contributed by atoms with van der Waals surface area (Å²) in [5.74, 6) is 0. The topological polar surface area (TPSA) is 117 Å². The monoisotopic (exact) mass is 443 g/mol. The van der Waals surface area contributed by atoms with E-state index in [9.17, 15) is 18.5 Å². The number of anilines is 1. The lowest BCUT2D eigenvalue weighted by atomic mass is 10.2. The van der Waals surface area contributed by atoms with Gasteiger partial charge in [0.2, 0.25) is 10.0 Å². The maximum atomic E-state index is 12.4. The number of nitrogens with zero attached hydrogens (tertiary/aromatic N) is 3. The van der Waals surface area contributed by atoms with Gasteiger partial charge in [-0.1, -0.05) is 0 Å². The number of likely N-dealkylation sites (N-methyl/N-ethyl adjacent to an activating group) is 1. The molecule has 0 amide bonds. The van der Waals surface area contributed by atoms with Crippen LogP contribution in [0.4, 0.5) is 11.4 Å². The Morgan fingerprint density at radius 2 is 1.90 bits per heavy atom. The number of hydrogen-bond acceptors (Lipinski definition) is 8. The minimum atomic E-state index is -3.81. The highest BCUT2D eigenvalue weighted by Crippen LogP contribution is 2.27. The minimum absolute atomic E-state index is 0.116. The van der Waals surface area contributed by atoms with E-state index in [1.54, 1.807) is 0 Å². The molecular weight excluding hydrogens is 410 g/mol. The van der Waals surface area contributed by atoms with Crippen molar-refractivity contribution in [1.82, 2.24) is 14.5 Å². The first-order valence-electron chi connectivity index (χ1n) is 10.1. The summed E-state index contributed by atoms with van der Waals surface area (Å²) in [7, 11) is -0.140. The molecule has 2 unspecified atom stereocenters. The van der Waals surface area contributed by atoms with Gasteiger partial charge in [0.1, 0.15) is 5.69 Å². The summed E-state index contributed by atoms with van der Waals surface area (Å²) in [6.07, 6.45) is 1.20. The molecule has 1 heterocycles. The number of ether oxygens (including phenoxy) is 1. The first-order chi connectivity index (χ1) is 14.1. The Balaban J connectivity index is 1.95. The summed E-state index contributed by atoms with van der Waals surface area (Å²) in [6.45, 7) is 8.01. The molecule has 2 atom stereocenters. The summed E-state index contributed by atoms with van der Waals surface area (Å²) in [5, 5.41) is 14.5. The zero-order valence-electron chi connectivity index (χ0n) is 18.1. The number of rotatable bonds is 11. The van der Waals surface area contributed by atoms with E-state index in [-0.39, 0.29) is 29.3 Å². The Bertz CT molecular complexity index is 808. The maximum Gasteiger partial charge on any atom is 0.293 e. The molecule has 2 rings (SSSR count). The van der Waals surface area contributed by atoms with Gasteiger partial charge in [0.05, 0.1) is 22.0 Å². The number of nitro groups is 1. The average molecular weight is 444 g/mol. The van der Waals surface area contributed by atoms with E-state index in [1.165, 1.54) is 12.1 Å². The van der Waals surface area contributed by atoms with Crippen LogP contribution in [0.5, 0.6) is 0 Å². The molecule has 1 aromatic rings. The van der Waals surface area contributed by atoms with Crippen molar-refractivity contribution in [1.29, 1.82) is 0 Å². The van der Waals surface area contributed by atoms with Crippen molar-refractivity contribution in [3.05, 3.63) is 28.3 Å². The fourth-order valence-corrected chi connectivity index (χ4v) is 4.50. The molecule has 30 heavy (non-hydrogen) atoms. The summed E-state index contributed by atoms with van der Waals surface area (Å²) >= 11 is 0. The van der Waals surface area contributed by atoms with Gasteiger partial charge in [0.15, 0.2) is 0 Å². The third-order valence-corrected chi connectivity index (χ3v) is 6.25. The van der Waals surface area contributed by atoms with Gasteiger partial charge in [0.25, 0.3) is 5.69 Å². The Hall–Kier alpha value is -1.79. The van der Waals surface area contributed by atoms with Crippen molar-refractivity contribution in [3.8, 4) is 0 Å². The van der Waals surface area contributed by atoms with Crippen LogP contribution in [0, 0.1) is 10.1 Å². The van der Waals surface area contributed by atoms with Gasteiger partial charge < -0.3 is 15.0 Å². The highest BCUT2D eigenvalue weighted by molar-refractivity contribution is 7.89. The molecule has 0 bridgehead atoms. The lowest BCUT2D eigenvalue weighted by Gasteiger charge is -2.35. The number of sulfonamides is 1. The molecule has 1 fully saturated rings. The molecule has 0 saturated carbocycles. The van der Waals surface area contributed by atoms with Crippen molar-refractivity contribution in [2.24, 2.45) is 0 Å². The number of nitro benzene ring substituents is 1. The lowest BCUT2D eigenvalue weighted by Crippen LogP contribution is -2.45. The number of benzene rings is 1. The normalized spacial score (nSPS) is 20.4. The first kappa shape index (κ1) is 24.5. The van der Waals surface area contributed by atoms with Crippen LogP contribution in [-0.2, 0) is 14.8 Å². The standard InChI is InChI=1S/C19H33N5O5S/c1-15-13-23(14-16(2)29-15)10-5-8-20-18-7-6-17(12-19(18)24(25)26)30(27,28)21-9-11-22(3)4/h6-7,12,15-16,20-21H,5,8-11,13-14H2,1-4H3. The third kappa shape index (κ3) is 7.47. The zero-order valence-corrected chi connectivity index (χ0v) is 18.9. The van der Waals surface area contributed by atoms with E-state index < -0.39 is 14.9 Å². The Labute approximate surface area is 178 Å². The summed E-state index contributed by atoms with van der Waals surface area (Å²) in [5.41, 5.74) is 0.0649. The largest absolute Gasteiger partial charge is 0.379 e. The number of hydrogen-bond donors (Lipinski definition) is 2. The summed E-state index contributed by atoms with van der Waals surface area (Å²) in [4.78, 5) is 15.0. The van der Waals surface area contributed by atoms with E-state index in [0.29, 0.717) is 18.8 Å². The Morgan fingerprint density at radius 3 is 2.50 bits per heavy atom. The van der Waals surface area contributed by atoms with Crippen LogP contribution in [0.3, 0.4) is 0 Å². The van der Waals surface area contributed by atoms with Crippen molar-refractivity contribution >= 4 is 21.4 Å². The predicted octanol–water partition coefficient (Wildman–Crippen LogP) is 1.35. The van der Waals surface area contributed by atoms with Crippen LogP contribution in [0.25, 0.3) is 0 Å². The van der Waals surface area contributed by atoms with Gasteiger partial charge in [-0.3, -0.25) is 15.0 Å². The van der Waals surface area contributed by atoms with Crippen molar-refractivity contribution in [2.75, 3.05) is 58.7 Å². The van der Waals surface area contributed by atoms with E-state index >= 15 is 0 Å². The molecule has 1 saturated heterocycles. The highest BCUT2D eigenvalue weighted by atomic mass is 32.2. The molecule has 10 nitrogen and oxygen atoms in total. The van der Waals surface area contributed by atoms with Crippen LogP contribution in [0.15, 0.2) is 23.1 Å². The first-order valence-corrected chi connectivity index (χ1v) is 11.6. The highest BCUT2D eigenvalue weighted by Gasteiger charge is 2.23. The van der Waals surface area contributed by atoms with Crippen molar-refractivity contribution < 1.29 is 18.1 Å². The fraction of sp³-hybridized carbons (Fsp3) is 0.684. The Kier molecular flexibility index (Phi) is 8.98. The second-order valence-electron chi connectivity index (χ2n) is 7.93. The van der Waals surface area contributed by atoms with Crippen LogP contribution in [0.2, 0.25) is 0 Å². The second kappa shape index (κ2) is 11.0. The van der Waals surface area contributed by atoms with E-state index in [2.05, 4.69) is 28.8 Å². The molecule has 1 aromatic carbocycles. The lowest BCUT2D eigenvalue weighted by molar-refractivity contribution is -0.384. The van der Waals surface area contributed by atoms with Crippen molar-refractivity contribution in [3.63, 3.8) is 0 Å². The van der Waals surface area contributed by atoms with Crippen LogP contribution >= 0.6 is 0 Å². The third-order valence-electron chi connectivity index (χ3n) is 4.79. The van der Waals surface area contributed by atoms with E-state index in [4.69, 9.17) is 4.74 Å². The molecule has 0 aromatic heterocycles. The van der Waals surface area contributed by atoms with Crippen LogP contribution < -0.4 is 10.0 Å². The molecular formula is C19H33N5O5S. The van der Waals surface area contributed by atoms with Gasteiger partial charge in [-0.25, -0.2) is 13.1 Å². The fourth-order valence-electron chi connectivity index (χ4n) is 3.46. The van der Waals surface area contributed by atoms with Crippen LogP contribution in [-0.4, -0.2) is 88.7 Å². The van der Waals surface area contributed by atoms with E-state index in [1.807, 2.05) is 19.0 Å². The van der Waals surface area contributed by atoms with Gasteiger partial charge in [-0.2, -0.15) is 0 Å². The van der Waals surface area contributed by atoms with Gasteiger partial charge >= 0.3 is 0 Å². The minimum Gasteiger partial charge on any atom is -0.379 e. The molecule has 11 heteroatoms. The van der Waals surface area contributed by atoms with Gasteiger partial charge in [0, 0.05) is 45.3 Å². The molecule has 2 N–H and O–H groups in total. The smallest absolute Gasteiger partial charge is 0.293 e. The zero-order chi connectivity index (χ0) is 22.3. The summed E-state index contributed by atoms with van der Waals surface area (Å²) < 4.78 is 33.0. The van der Waals surface area contributed by atoms with Crippen LogP contribution in [0.1, 0.15) is 20.3 Å². The molecule has 0 radical (unpaired) electrons. The SMILES string of the molecule is CC1CN(CCCNc2ccc(S(=O)(=O)NCCN(C)C)cc2[N+](=O)[O-])CC(C)O1. The van der Waals surface area contributed by atoms with Gasteiger partial charge in [-0.05, 0) is 46.5 Å². The Morgan fingerprint density at radius 1 is 1.23 bits per heavy atom. The van der Waals surface area contributed by atoms with Gasteiger partial charge in [-0.15, -0.1) is 0 Å². The molecule has 0 spiro atoms. The number of nitrogens with one attached hydrogen (secondary N) is 2. The molecule has 170 valence electrons. The molecule has 0 aliphatic carbocycles. The number of morpholine rings is 1. The van der Waals surface area contributed by atoms with Crippen molar-refractivity contribution in [2.45, 2.75) is 37.4 Å². The maximum absolute atomic E-state index is 12.4. The van der Waals surface area contributed by atoms with E-state index in [0.717, 1.165) is 32.1 Å². The second-order valence-corrected chi connectivity index (χ2v) is 9.70. The predicted molar refractivity (Wildman–Crippen MR) is 116 cm³/mol.